The molecule has 0 saturated heterocycles. The van der Waals surface area contributed by atoms with E-state index < -0.39 is 0 Å². The van der Waals surface area contributed by atoms with Crippen molar-refractivity contribution in [3.05, 3.63) is 24.3 Å². The third-order valence-electron chi connectivity index (χ3n) is 2.76. The Kier molecular flexibility index (Phi) is 5.72. The van der Waals surface area contributed by atoms with Crippen LogP contribution in [0.5, 0.6) is 5.75 Å². The first-order chi connectivity index (χ1) is 8.71. The lowest BCUT2D eigenvalue weighted by Gasteiger charge is -2.13. The van der Waals surface area contributed by atoms with Gasteiger partial charge in [-0.15, -0.1) is 0 Å². The molecule has 0 aromatic heterocycles. The molecule has 0 aliphatic rings. The molecule has 1 rings (SSSR count). The number of amides is 1. The summed E-state index contributed by atoms with van der Waals surface area (Å²) >= 11 is 0. The molecule has 0 radical (unpaired) electrons. The number of nitrogens with zero attached hydrogens (tertiary/aromatic N) is 1. The Bertz CT molecular complexity index is 434. The Morgan fingerprint density at radius 1 is 1.44 bits per heavy atom. The van der Waals surface area contributed by atoms with E-state index in [0.29, 0.717) is 11.4 Å². The van der Waals surface area contributed by atoms with Crippen LogP contribution < -0.4 is 10.1 Å². The van der Waals surface area contributed by atoms with Crippen LogP contribution in [0.2, 0.25) is 0 Å². The number of rotatable bonds is 6. The van der Waals surface area contributed by atoms with Gasteiger partial charge >= 0.3 is 0 Å². The lowest BCUT2D eigenvalue weighted by molar-refractivity contribution is -0.120. The lowest BCUT2D eigenvalue weighted by atomic mass is 10.0. The quantitative estimate of drug-likeness (QED) is 0.839. The van der Waals surface area contributed by atoms with Gasteiger partial charge in [0.1, 0.15) is 11.8 Å². The minimum absolute atomic E-state index is 0.00391. The highest BCUT2D eigenvalue weighted by Crippen LogP contribution is 2.19. The second kappa shape index (κ2) is 7.33. The minimum Gasteiger partial charge on any atom is -0.479 e. The van der Waals surface area contributed by atoms with E-state index in [4.69, 9.17) is 10.00 Å². The second-order valence-corrected chi connectivity index (χ2v) is 3.98. The van der Waals surface area contributed by atoms with Gasteiger partial charge in [-0.1, -0.05) is 19.9 Å². The summed E-state index contributed by atoms with van der Waals surface area (Å²) < 4.78 is 5.18. The number of ether oxygens (including phenoxy) is 1. The number of hydrogen-bond acceptors (Lipinski definition) is 3. The van der Waals surface area contributed by atoms with E-state index in [-0.39, 0.29) is 18.4 Å². The van der Waals surface area contributed by atoms with Crippen molar-refractivity contribution in [1.82, 2.24) is 0 Å². The zero-order valence-electron chi connectivity index (χ0n) is 10.8. The molecular weight excluding hydrogens is 228 g/mol. The fraction of sp³-hybridized carbons (Fsp3) is 0.429. The lowest BCUT2D eigenvalue weighted by Crippen LogP contribution is -2.21. The summed E-state index contributed by atoms with van der Waals surface area (Å²) in [6.07, 6.45) is 1.65. The molecule has 1 N–H and O–H groups in total. The summed E-state index contributed by atoms with van der Waals surface area (Å²) in [6.45, 7) is 4.00. The van der Waals surface area contributed by atoms with Crippen LogP contribution in [0.1, 0.15) is 26.7 Å². The smallest absolute Gasteiger partial charge is 0.227 e. The van der Waals surface area contributed by atoms with Crippen LogP contribution in [0.15, 0.2) is 24.3 Å². The third-order valence-corrected chi connectivity index (χ3v) is 2.76. The zero-order chi connectivity index (χ0) is 13.4. The van der Waals surface area contributed by atoms with Crippen molar-refractivity contribution >= 4 is 11.6 Å². The highest BCUT2D eigenvalue weighted by atomic mass is 16.5. The van der Waals surface area contributed by atoms with Crippen LogP contribution in [-0.4, -0.2) is 12.5 Å². The van der Waals surface area contributed by atoms with Crippen LogP contribution in [0.3, 0.4) is 0 Å². The van der Waals surface area contributed by atoms with Crippen molar-refractivity contribution in [3.63, 3.8) is 0 Å². The maximum absolute atomic E-state index is 11.9. The second-order valence-electron chi connectivity index (χ2n) is 3.98. The van der Waals surface area contributed by atoms with Gasteiger partial charge in [0.25, 0.3) is 0 Å². The van der Waals surface area contributed by atoms with Crippen LogP contribution in [-0.2, 0) is 4.79 Å². The third kappa shape index (κ3) is 4.10. The van der Waals surface area contributed by atoms with Crippen LogP contribution in [0.4, 0.5) is 5.69 Å². The molecule has 0 unspecified atom stereocenters. The molecular formula is C14H18N2O2. The Labute approximate surface area is 108 Å². The van der Waals surface area contributed by atoms with E-state index in [2.05, 4.69) is 5.32 Å². The highest BCUT2D eigenvalue weighted by Gasteiger charge is 2.14. The van der Waals surface area contributed by atoms with Gasteiger partial charge < -0.3 is 10.1 Å². The van der Waals surface area contributed by atoms with Crippen molar-refractivity contribution in [2.24, 2.45) is 5.92 Å². The Balaban J connectivity index is 2.67. The van der Waals surface area contributed by atoms with Gasteiger partial charge in [-0.25, -0.2) is 0 Å². The molecule has 1 aromatic carbocycles. The van der Waals surface area contributed by atoms with E-state index in [9.17, 15) is 4.79 Å². The van der Waals surface area contributed by atoms with Gasteiger partial charge in [0, 0.05) is 17.7 Å². The largest absolute Gasteiger partial charge is 0.479 e. The summed E-state index contributed by atoms with van der Waals surface area (Å²) in [5, 5.41) is 11.3. The predicted molar refractivity (Wildman–Crippen MR) is 70.3 cm³/mol. The Morgan fingerprint density at radius 3 is 2.78 bits per heavy atom. The van der Waals surface area contributed by atoms with E-state index in [0.717, 1.165) is 12.8 Å². The summed E-state index contributed by atoms with van der Waals surface area (Å²) in [4.78, 5) is 11.9. The average molecular weight is 246 g/mol. The maximum atomic E-state index is 11.9. The van der Waals surface area contributed by atoms with Crippen molar-refractivity contribution < 1.29 is 9.53 Å². The molecule has 0 saturated carbocycles. The SMILES string of the molecule is CCC(CC)C(=O)Nc1cccc(OCC#N)c1. The summed E-state index contributed by atoms with van der Waals surface area (Å²) in [7, 11) is 0. The molecule has 4 heteroatoms. The van der Waals surface area contributed by atoms with Gasteiger partial charge in [-0.05, 0) is 25.0 Å². The number of nitrogens with one attached hydrogen (secondary N) is 1. The van der Waals surface area contributed by atoms with Crippen LogP contribution >= 0.6 is 0 Å². The maximum Gasteiger partial charge on any atom is 0.227 e. The molecule has 0 heterocycles. The number of hydrogen-bond donors (Lipinski definition) is 1. The number of carbonyl (C=O) groups excluding carboxylic acids is 1. The topological polar surface area (TPSA) is 62.1 Å². The average Bonchev–Trinajstić information content (AvgIpc) is 2.38. The first-order valence-corrected chi connectivity index (χ1v) is 6.11. The summed E-state index contributed by atoms with van der Waals surface area (Å²) in [5.41, 5.74) is 0.697. The van der Waals surface area contributed by atoms with E-state index >= 15 is 0 Å². The van der Waals surface area contributed by atoms with Gasteiger partial charge in [-0.2, -0.15) is 5.26 Å². The van der Waals surface area contributed by atoms with Crippen LogP contribution in [0, 0.1) is 17.2 Å². The van der Waals surface area contributed by atoms with E-state index in [1.807, 2.05) is 19.9 Å². The number of anilines is 1. The first-order valence-electron chi connectivity index (χ1n) is 6.11. The molecule has 96 valence electrons. The molecule has 0 aliphatic carbocycles. The molecule has 0 spiro atoms. The van der Waals surface area contributed by atoms with E-state index in [1.54, 1.807) is 24.3 Å². The molecule has 0 fully saturated rings. The summed E-state index contributed by atoms with van der Waals surface area (Å²) in [6, 6.07) is 8.97. The number of nitriles is 1. The molecule has 0 bridgehead atoms. The van der Waals surface area contributed by atoms with Crippen molar-refractivity contribution in [3.8, 4) is 11.8 Å². The first kappa shape index (κ1) is 14.0. The normalized spacial score (nSPS) is 9.89. The fourth-order valence-electron chi connectivity index (χ4n) is 1.68. The van der Waals surface area contributed by atoms with Gasteiger partial charge in [0.15, 0.2) is 6.61 Å². The van der Waals surface area contributed by atoms with Crippen molar-refractivity contribution in [2.45, 2.75) is 26.7 Å². The van der Waals surface area contributed by atoms with Gasteiger partial charge in [0.2, 0.25) is 5.91 Å². The monoisotopic (exact) mass is 246 g/mol. The molecule has 0 atom stereocenters. The van der Waals surface area contributed by atoms with E-state index in [1.165, 1.54) is 0 Å². The standard InChI is InChI=1S/C14H18N2O2/c1-3-11(4-2)14(17)16-12-6-5-7-13(10-12)18-9-8-15/h5-7,10-11H,3-4,9H2,1-2H3,(H,16,17). The zero-order valence-corrected chi connectivity index (χ0v) is 10.8. The molecule has 4 nitrogen and oxygen atoms in total. The van der Waals surface area contributed by atoms with Gasteiger partial charge in [-0.3, -0.25) is 4.79 Å². The predicted octanol–water partition coefficient (Wildman–Crippen LogP) is 2.96. The molecule has 0 aliphatic heterocycles. The van der Waals surface area contributed by atoms with Crippen LogP contribution in [0.25, 0.3) is 0 Å². The Morgan fingerprint density at radius 2 is 2.17 bits per heavy atom. The summed E-state index contributed by atoms with van der Waals surface area (Å²) in [5.74, 6) is 0.644. The Hall–Kier alpha value is -2.02. The fourth-order valence-corrected chi connectivity index (χ4v) is 1.68. The molecule has 1 aromatic rings. The number of benzene rings is 1. The van der Waals surface area contributed by atoms with Gasteiger partial charge in [0.05, 0.1) is 0 Å². The highest BCUT2D eigenvalue weighted by molar-refractivity contribution is 5.92. The number of carbonyl (C=O) groups is 1. The minimum atomic E-state index is 0.00391. The van der Waals surface area contributed by atoms with Crippen molar-refractivity contribution in [2.75, 3.05) is 11.9 Å². The molecule has 1 amide bonds. The van der Waals surface area contributed by atoms with Crippen molar-refractivity contribution in [1.29, 1.82) is 5.26 Å². The molecule has 18 heavy (non-hydrogen) atoms.